The van der Waals surface area contributed by atoms with Crippen LogP contribution in [0.4, 0.5) is 17.1 Å². The van der Waals surface area contributed by atoms with Gasteiger partial charge in [0.25, 0.3) is 17.3 Å². The average molecular weight is 567 g/mol. The van der Waals surface area contributed by atoms with Crippen LogP contribution in [0.15, 0.2) is 71.6 Å². The summed E-state index contributed by atoms with van der Waals surface area (Å²) in [6.07, 6.45) is -1.38. The number of rotatable bonds is 9. The molecule has 0 radical (unpaired) electrons. The smallest absolute Gasteiger partial charge is 0.346 e. The zero-order valence-electron chi connectivity index (χ0n) is 21.9. The lowest BCUT2D eigenvalue weighted by atomic mass is 10.0. The molecule has 40 heavy (non-hydrogen) atoms. The van der Waals surface area contributed by atoms with Gasteiger partial charge in [0.15, 0.2) is 6.10 Å². The minimum Gasteiger partial charge on any atom is -0.497 e. The molecule has 0 aliphatic carbocycles. The van der Waals surface area contributed by atoms with Gasteiger partial charge >= 0.3 is 5.97 Å². The van der Waals surface area contributed by atoms with Crippen molar-refractivity contribution >= 4 is 40.7 Å². The van der Waals surface area contributed by atoms with Crippen LogP contribution in [0.25, 0.3) is 0 Å². The molecule has 3 aromatic rings. The van der Waals surface area contributed by atoms with Crippen molar-refractivity contribution in [2.75, 3.05) is 39.2 Å². The second-order valence-electron chi connectivity index (χ2n) is 9.11. The number of nitrogens with zero attached hydrogens (tertiary/aromatic N) is 4. The third kappa shape index (κ3) is 6.05. The first kappa shape index (κ1) is 28.5. The quantitative estimate of drug-likeness (QED) is 0.206. The standard InChI is InChI=1S/C27H26N4O8S/c1-28(2)14-15-29-21-6-4-5-7-23(21)40-25(17-8-11-19(38-3)12-9-17)24(26(29)32)39-27(33)20-13-10-18(30(34)35)16-22(20)31(36)37/h4-13,16,24-25H,14-15H2,1-3H3/t24-,25+/m1/s1. The fourth-order valence-corrected chi connectivity index (χ4v) is 5.51. The maximum Gasteiger partial charge on any atom is 0.346 e. The Labute approximate surface area is 233 Å². The van der Waals surface area contributed by atoms with Gasteiger partial charge < -0.3 is 19.3 Å². The number of benzene rings is 3. The van der Waals surface area contributed by atoms with Crippen LogP contribution < -0.4 is 9.64 Å². The summed E-state index contributed by atoms with van der Waals surface area (Å²) in [6.45, 7) is 0.816. The number of hydrogen-bond acceptors (Lipinski definition) is 10. The number of non-ortho nitro benzene ring substituents is 1. The van der Waals surface area contributed by atoms with E-state index < -0.39 is 50.0 Å². The second-order valence-corrected chi connectivity index (χ2v) is 10.3. The van der Waals surface area contributed by atoms with E-state index in [0.717, 1.165) is 17.0 Å². The predicted octanol–water partition coefficient (Wildman–Crippen LogP) is 4.48. The van der Waals surface area contributed by atoms with Gasteiger partial charge in [-0.2, -0.15) is 0 Å². The fourth-order valence-electron chi connectivity index (χ4n) is 4.20. The molecule has 4 rings (SSSR count). The van der Waals surface area contributed by atoms with E-state index >= 15 is 0 Å². The number of ether oxygens (including phenoxy) is 2. The van der Waals surface area contributed by atoms with Crippen LogP contribution in [-0.4, -0.2) is 67.0 Å². The van der Waals surface area contributed by atoms with Crippen LogP contribution in [0.2, 0.25) is 0 Å². The number of methoxy groups -OCH3 is 1. The third-order valence-electron chi connectivity index (χ3n) is 6.25. The van der Waals surface area contributed by atoms with E-state index in [9.17, 15) is 29.8 Å². The first-order valence-electron chi connectivity index (χ1n) is 12.1. The molecular formula is C27H26N4O8S. The van der Waals surface area contributed by atoms with Crippen molar-refractivity contribution < 1.29 is 28.9 Å². The van der Waals surface area contributed by atoms with Crippen LogP contribution in [0.3, 0.4) is 0 Å². The van der Waals surface area contributed by atoms with E-state index in [0.29, 0.717) is 36.2 Å². The van der Waals surface area contributed by atoms with Crippen molar-refractivity contribution in [1.82, 2.24) is 4.90 Å². The summed E-state index contributed by atoms with van der Waals surface area (Å²) in [5.41, 5.74) is -0.520. The SMILES string of the molecule is COc1ccc([C@@H]2Sc3ccccc3N(CCN(C)C)C(=O)[C@@H]2OC(=O)c2ccc([N+](=O)[O-])cc2[N+](=O)[O-])cc1. The molecule has 1 heterocycles. The van der Waals surface area contributed by atoms with Gasteiger partial charge in [0.05, 0.1) is 34.0 Å². The van der Waals surface area contributed by atoms with Gasteiger partial charge in [0.1, 0.15) is 11.3 Å². The number of nitro groups is 2. The Balaban J connectivity index is 1.80. The molecule has 1 aliphatic rings. The highest BCUT2D eigenvalue weighted by molar-refractivity contribution is 7.99. The Bertz CT molecular complexity index is 1450. The summed E-state index contributed by atoms with van der Waals surface area (Å²) in [6, 6.07) is 16.9. The highest BCUT2D eigenvalue weighted by Crippen LogP contribution is 2.47. The van der Waals surface area contributed by atoms with E-state index in [2.05, 4.69) is 0 Å². The van der Waals surface area contributed by atoms with E-state index in [1.54, 1.807) is 29.2 Å². The van der Waals surface area contributed by atoms with Crippen LogP contribution in [0, 0.1) is 20.2 Å². The third-order valence-corrected chi connectivity index (χ3v) is 7.62. The van der Waals surface area contributed by atoms with Crippen molar-refractivity contribution in [3.8, 4) is 5.75 Å². The average Bonchev–Trinajstić information content (AvgIpc) is 3.05. The van der Waals surface area contributed by atoms with E-state index in [-0.39, 0.29) is 0 Å². The Morgan fingerprint density at radius 1 is 1.02 bits per heavy atom. The Morgan fingerprint density at radius 3 is 2.35 bits per heavy atom. The molecular weight excluding hydrogens is 540 g/mol. The highest BCUT2D eigenvalue weighted by atomic mass is 32.2. The number of likely N-dealkylation sites (N-methyl/N-ethyl adjacent to an activating group) is 1. The number of thioether (sulfide) groups is 1. The Hall–Kier alpha value is -4.49. The molecule has 0 unspecified atom stereocenters. The largest absolute Gasteiger partial charge is 0.497 e. The number of carbonyl (C=O) groups excluding carboxylic acids is 2. The number of hydrogen-bond donors (Lipinski definition) is 0. The normalized spacial score (nSPS) is 16.7. The second kappa shape index (κ2) is 12.1. The van der Waals surface area contributed by atoms with Gasteiger partial charge in [-0.1, -0.05) is 24.3 Å². The molecule has 0 saturated heterocycles. The number of nitro benzene ring substituents is 2. The van der Waals surface area contributed by atoms with Gasteiger partial charge in [-0.25, -0.2) is 4.79 Å². The summed E-state index contributed by atoms with van der Waals surface area (Å²) in [4.78, 5) is 52.9. The summed E-state index contributed by atoms with van der Waals surface area (Å²) in [7, 11) is 5.27. The number of para-hydroxylation sites is 1. The molecule has 0 saturated carbocycles. The zero-order valence-corrected chi connectivity index (χ0v) is 22.7. The first-order chi connectivity index (χ1) is 19.1. The summed E-state index contributed by atoms with van der Waals surface area (Å²) >= 11 is 1.33. The van der Waals surface area contributed by atoms with Crippen molar-refractivity contribution in [2.45, 2.75) is 16.2 Å². The molecule has 0 fully saturated rings. The highest BCUT2D eigenvalue weighted by Gasteiger charge is 2.42. The summed E-state index contributed by atoms with van der Waals surface area (Å²) < 4.78 is 11.0. The van der Waals surface area contributed by atoms with Crippen LogP contribution in [0.1, 0.15) is 21.2 Å². The van der Waals surface area contributed by atoms with Crippen LogP contribution in [0.5, 0.6) is 5.75 Å². The van der Waals surface area contributed by atoms with Crippen molar-refractivity contribution in [2.24, 2.45) is 0 Å². The maximum atomic E-state index is 14.1. The Kier molecular flexibility index (Phi) is 8.65. The monoisotopic (exact) mass is 566 g/mol. The van der Waals surface area contributed by atoms with Gasteiger partial charge in [0.2, 0.25) is 0 Å². The van der Waals surface area contributed by atoms with Crippen LogP contribution in [-0.2, 0) is 9.53 Å². The van der Waals surface area contributed by atoms with E-state index in [4.69, 9.17) is 9.47 Å². The topological polar surface area (TPSA) is 145 Å². The molecule has 1 amide bonds. The lowest BCUT2D eigenvalue weighted by Crippen LogP contribution is -2.45. The molecule has 3 aromatic carbocycles. The molecule has 0 spiro atoms. The Morgan fingerprint density at radius 2 is 1.73 bits per heavy atom. The van der Waals surface area contributed by atoms with Gasteiger partial charge in [-0.05, 0) is 50.0 Å². The van der Waals surface area contributed by atoms with Gasteiger partial charge in [-0.15, -0.1) is 11.8 Å². The number of fused-ring (bicyclic) bond motifs is 1. The van der Waals surface area contributed by atoms with E-state index in [1.165, 1.54) is 18.9 Å². The zero-order chi connectivity index (χ0) is 29.0. The number of esters is 1. The predicted molar refractivity (Wildman–Crippen MR) is 148 cm³/mol. The molecule has 2 atom stereocenters. The van der Waals surface area contributed by atoms with Crippen LogP contribution >= 0.6 is 11.8 Å². The molecule has 0 N–H and O–H groups in total. The fraction of sp³-hybridized carbons (Fsp3) is 0.259. The lowest BCUT2D eigenvalue weighted by Gasteiger charge is -2.28. The minimum atomic E-state index is -1.38. The molecule has 0 aromatic heterocycles. The number of amides is 1. The molecule has 1 aliphatic heterocycles. The molecule has 208 valence electrons. The summed E-state index contributed by atoms with van der Waals surface area (Å²) in [5.74, 6) is -1.05. The first-order valence-corrected chi connectivity index (χ1v) is 13.0. The molecule has 12 nitrogen and oxygen atoms in total. The van der Waals surface area contributed by atoms with Gasteiger partial charge in [0, 0.05) is 24.1 Å². The van der Waals surface area contributed by atoms with Crippen molar-refractivity contribution in [3.63, 3.8) is 0 Å². The molecule has 13 heteroatoms. The number of anilines is 1. The van der Waals surface area contributed by atoms with Crippen molar-refractivity contribution in [1.29, 1.82) is 0 Å². The molecule has 0 bridgehead atoms. The van der Waals surface area contributed by atoms with Gasteiger partial charge in [-0.3, -0.25) is 25.0 Å². The van der Waals surface area contributed by atoms with Crippen molar-refractivity contribution in [3.05, 3.63) is 98.1 Å². The lowest BCUT2D eigenvalue weighted by molar-refractivity contribution is -0.394. The summed E-state index contributed by atoms with van der Waals surface area (Å²) in [5, 5.41) is 22.1. The number of carbonyl (C=O) groups is 2. The maximum absolute atomic E-state index is 14.1. The minimum absolute atomic E-state index is 0.296. The van der Waals surface area contributed by atoms with E-state index in [1.807, 2.05) is 43.3 Å².